The molecule has 0 bridgehead atoms. The SMILES string of the molecule is CCCCCn1cnnc1S[C@@H](C)C(=O)N1c2ccccc2NC(=O)C1(C)C. The van der Waals surface area contributed by atoms with Gasteiger partial charge in [0.2, 0.25) is 11.8 Å². The summed E-state index contributed by atoms with van der Waals surface area (Å²) in [7, 11) is 0. The number of unbranched alkanes of at least 4 members (excludes halogenated alkanes) is 2. The summed E-state index contributed by atoms with van der Waals surface area (Å²) in [6.45, 7) is 8.38. The van der Waals surface area contributed by atoms with Gasteiger partial charge in [0.1, 0.15) is 11.9 Å². The third-order valence-electron chi connectivity index (χ3n) is 4.94. The number of benzene rings is 1. The van der Waals surface area contributed by atoms with Crippen molar-refractivity contribution in [3.63, 3.8) is 0 Å². The molecule has 1 aliphatic heterocycles. The third-order valence-corrected chi connectivity index (χ3v) is 6.02. The van der Waals surface area contributed by atoms with Gasteiger partial charge in [-0.2, -0.15) is 0 Å². The van der Waals surface area contributed by atoms with E-state index in [-0.39, 0.29) is 11.8 Å². The van der Waals surface area contributed by atoms with E-state index in [1.807, 2.05) is 35.8 Å². The topological polar surface area (TPSA) is 80.1 Å². The minimum atomic E-state index is -0.977. The summed E-state index contributed by atoms with van der Waals surface area (Å²) in [5.41, 5.74) is 0.392. The molecule has 8 heteroatoms. The van der Waals surface area contributed by atoms with Crippen LogP contribution >= 0.6 is 11.8 Å². The molecule has 1 aliphatic rings. The third kappa shape index (κ3) is 3.92. The number of hydrogen-bond donors (Lipinski definition) is 1. The quantitative estimate of drug-likeness (QED) is 0.565. The molecular weight excluding hydrogens is 374 g/mol. The van der Waals surface area contributed by atoms with Gasteiger partial charge < -0.3 is 9.88 Å². The minimum absolute atomic E-state index is 0.125. The molecule has 2 heterocycles. The van der Waals surface area contributed by atoms with Crippen LogP contribution in [0.3, 0.4) is 0 Å². The van der Waals surface area contributed by atoms with E-state index in [1.54, 1.807) is 25.1 Å². The molecule has 150 valence electrons. The molecule has 0 spiro atoms. The lowest BCUT2D eigenvalue weighted by atomic mass is 9.96. The number of carbonyl (C=O) groups excluding carboxylic acids is 2. The fourth-order valence-corrected chi connectivity index (χ4v) is 4.15. The Morgan fingerprint density at radius 1 is 1.29 bits per heavy atom. The molecule has 0 aliphatic carbocycles. The predicted molar refractivity (Wildman–Crippen MR) is 112 cm³/mol. The second kappa shape index (κ2) is 8.34. The molecule has 1 aromatic carbocycles. The zero-order chi connectivity index (χ0) is 20.3. The molecule has 0 saturated heterocycles. The Labute approximate surface area is 169 Å². The van der Waals surface area contributed by atoms with Crippen LogP contribution in [0, 0.1) is 0 Å². The van der Waals surface area contributed by atoms with Gasteiger partial charge in [0, 0.05) is 6.54 Å². The first-order valence-electron chi connectivity index (χ1n) is 9.65. The number of nitrogens with one attached hydrogen (secondary N) is 1. The van der Waals surface area contributed by atoms with Crippen LogP contribution in [0.2, 0.25) is 0 Å². The maximum absolute atomic E-state index is 13.4. The molecule has 2 aromatic rings. The molecule has 1 aromatic heterocycles. The van der Waals surface area contributed by atoms with Crippen molar-refractivity contribution in [3.8, 4) is 0 Å². The highest BCUT2D eigenvalue weighted by Crippen LogP contribution is 2.38. The fraction of sp³-hybridized carbons (Fsp3) is 0.500. The Balaban J connectivity index is 1.81. The molecule has 2 amide bonds. The number of aromatic nitrogens is 3. The summed E-state index contributed by atoms with van der Waals surface area (Å²) >= 11 is 1.38. The summed E-state index contributed by atoms with van der Waals surface area (Å²) < 4.78 is 1.99. The van der Waals surface area contributed by atoms with Gasteiger partial charge in [-0.1, -0.05) is 43.7 Å². The van der Waals surface area contributed by atoms with Crippen LogP contribution in [-0.4, -0.2) is 37.4 Å². The van der Waals surface area contributed by atoms with Crippen molar-refractivity contribution < 1.29 is 9.59 Å². The van der Waals surface area contributed by atoms with E-state index in [2.05, 4.69) is 22.4 Å². The van der Waals surface area contributed by atoms with E-state index in [0.717, 1.165) is 31.0 Å². The minimum Gasteiger partial charge on any atom is -0.322 e. The molecular formula is C20H27N5O2S. The second-order valence-corrected chi connectivity index (χ2v) is 8.79. The normalized spacial score (nSPS) is 16.4. The lowest BCUT2D eigenvalue weighted by Gasteiger charge is -2.43. The van der Waals surface area contributed by atoms with Crippen molar-refractivity contribution in [3.05, 3.63) is 30.6 Å². The first-order valence-corrected chi connectivity index (χ1v) is 10.5. The highest BCUT2D eigenvalue weighted by molar-refractivity contribution is 8.00. The predicted octanol–water partition coefficient (Wildman–Crippen LogP) is 3.71. The van der Waals surface area contributed by atoms with Crippen molar-refractivity contribution in [2.45, 2.75) is 69.4 Å². The molecule has 0 saturated carbocycles. The fourth-order valence-electron chi connectivity index (χ4n) is 3.26. The van der Waals surface area contributed by atoms with Gasteiger partial charge in [-0.05, 0) is 39.3 Å². The van der Waals surface area contributed by atoms with Crippen LogP contribution in [0.4, 0.5) is 11.4 Å². The van der Waals surface area contributed by atoms with Crippen LogP contribution in [0.25, 0.3) is 0 Å². The summed E-state index contributed by atoms with van der Waals surface area (Å²) in [5.74, 6) is -0.320. The zero-order valence-corrected chi connectivity index (χ0v) is 17.6. The van der Waals surface area contributed by atoms with E-state index in [4.69, 9.17) is 0 Å². The lowest BCUT2D eigenvalue weighted by Crippen LogP contribution is -2.60. The number of thioether (sulfide) groups is 1. The average Bonchev–Trinajstić information content (AvgIpc) is 3.09. The number of hydrogen-bond acceptors (Lipinski definition) is 5. The number of amides is 2. The Bertz CT molecular complexity index is 864. The molecule has 1 atom stereocenters. The molecule has 0 radical (unpaired) electrons. The van der Waals surface area contributed by atoms with Crippen LogP contribution in [-0.2, 0) is 16.1 Å². The van der Waals surface area contributed by atoms with Crippen molar-refractivity contribution >= 4 is 35.0 Å². The van der Waals surface area contributed by atoms with Crippen LogP contribution < -0.4 is 10.2 Å². The van der Waals surface area contributed by atoms with Crippen LogP contribution in [0.1, 0.15) is 47.0 Å². The molecule has 0 unspecified atom stereocenters. The largest absolute Gasteiger partial charge is 0.322 e. The Morgan fingerprint density at radius 2 is 2.04 bits per heavy atom. The van der Waals surface area contributed by atoms with Gasteiger partial charge >= 0.3 is 0 Å². The lowest BCUT2D eigenvalue weighted by molar-refractivity contribution is -0.126. The van der Waals surface area contributed by atoms with E-state index < -0.39 is 10.8 Å². The smallest absolute Gasteiger partial charge is 0.250 e. The second-order valence-electron chi connectivity index (χ2n) is 7.48. The van der Waals surface area contributed by atoms with Gasteiger partial charge in [0.05, 0.1) is 16.6 Å². The Morgan fingerprint density at radius 3 is 2.79 bits per heavy atom. The monoisotopic (exact) mass is 401 g/mol. The number of rotatable bonds is 7. The number of aryl methyl sites for hydroxylation is 1. The van der Waals surface area contributed by atoms with Crippen molar-refractivity contribution in [2.24, 2.45) is 0 Å². The van der Waals surface area contributed by atoms with Gasteiger partial charge in [-0.3, -0.25) is 14.5 Å². The summed E-state index contributed by atoms with van der Waals surface area (Å²) in [5, 5.41) is 11.4. The maximum Gasteiger partial charge on any atom is 0.250 e. The Kier molecular flexibility index (Phi) is 6.07. The zero-order valence-electron chi connectivity index (χ0n) is 16.8. The standard InChI is InChI=1S/C20H27N5O2S/c1-5-6-9-12-24-13-21-23-19(24)28-14(2)17(26)25-16-11-8-7-10-15(16)22-18(27)20(25,3)4/h7-8,10-11,13-14H,5-6,9,12H2,1-4H3,(H,22,27)/t14-/m0/s1. The van der Waals surface area contributed by atoms with Gasteiger partial charge in [-0.25, -0.2) is 0 Å². The molecule has 28 heavy (non-hydrogen) atoms. The number of anilines is 2. The number of nitrogens with zero attached hydrogens (tertiary/aromatic N) is 4. The van der Waals surface area contributed by atoms with Gasteiger partial charge in [0.15, 0.2) is 5.16 Å². The van der Waals surface area contributed by atoms with Gasteiger partial charge in [-0.15, -0.1) is 10.2 Å². The van der Waals surface area contributed by atoms with E-state index in [1.165, 1.54) is 11.8 Å². The molecule has 7 nitrogen and oxygen atoms in total. The van der Waals surface area contributed by atoms with Crippen LogP contribution in [0.15, 0.2) is 35.7 Å². The number of fused-ring (bicyclic) bond motifs is 1. The van der Waals surface area contributed by atoms with E-state index in [0.29, 0.717) is 11.4 Å². The van der Waals surface area contributed by atoms with Gasteiger partial charge in [0.25, 0.3) is 0 Å². The number of carbonyl (C=O) groups is 2. The Hall–Kier alpha value is -2.35. The first kappa shape index (κ1) is 20.4. The number of para-hydroxylation sites is 2. The van der Waals surface area contributed by atoms with Crippen molar-refractivity contribution in [1.82, 2.24) is 14.8 Å². The average molecular weight is 402 g/mol. The highest BCUT2D eigenvalue weighted by atomic mass is 32.2. The van der Waals surface area contributed by atoms with Crippen molar-refractivity contribution in [1.29, 1.82) is 0 Å². The van der Waals surface area contributed by atoms with Crippen molar-refractivity contribution in [2.75, 3.05) is 10.2 Å². The molecule has 0 fully saturated rings. The summed E-state index contributed by atoms with van der Waals surface area (Å²) in [6, 6.07) is 7.38. The molecule has 1 N–H and O–H groups in total. The molecule has 3 rings (SSSR count). The summed E-state index contributed by atoms with van der Waals surface area (Å²) in [4.78, 5) is 27.6. The highest BCUT2D eigenvalue weighted by Gasteiger charge is 2.44. The van der Waals surface area contributed by atoms with Crippen LogP contribution in [0.5, 0.6) is 0 Å². The van der Waals surface area contributed by atoms with E-state index >= 15 is 0 Å². The summed E-state index contributed by atoms with van der Waals surface area (Å²) in [6.07, 6.45) is 5.05. The first-order chi connectivity index (χ1) is 13.4. The maximum atomic E-state index is 13.4. The van der Waals surface area contributed by atoms with E-state index in [9.17, 15) is 9.59 Å².